The van der Waals surface area contributed by atoms with Crippen LogP contribution in [-0.2, 0) is 0 Å². The van der Waals surface area contributed by atoms with Crippen LogP contribution < -0.4 is 26.0 Å². The average Bonchev–Trinajstić information content (AvgIpc) is 3.44. The van der Waals surface area contributed by atoms with E-state index < -0.39 is 18.0 Å². The Bertz CT molecular complexity index is 1310. The summed E-state index contributed by atoms with van der Waals surface area (Å²) >= 11 is 0.335. The molecule has 4 heterocycles. The lowest BCUT2D eigenvalue weighted by atomic mass is 10.2. The molecule has 0 spiro atoms. The summed E-state index contributed by atoms with van der Waals surface area (Å²) < 4.78 is 47.6. The number of aromatic nitrogens is 3. The number of carbonyl (C=O) groups excluding carboxylic acids is 1. The van der Waals surface area contributed by atoms with Crippen molar-refractivity contribution in [3.8, 4) is 17.6 Å². The number of anilines is 2. The number of carbonyl (C=O) groups is 1. The van der Waals surface area contributed by atoms with Gasteiger partial charge in [-0.2, -0.15) is 8.78 Å². The Kier molecular flexibility index (Phi) is 8.07. The van der Waals surface area contributed by atoms with Gasteiger partial charge in [0.25, 0.3) is 11.7 Å². The van der Waals surface area contributed by atoms with Gasteiger partial charge in [-0.25, -0.2) is 14.4 Å². The first-order valence-corrected chi connectivity index (χ1v) is 11.9. The van der Waals surface area contributed by atoms with Crippen molar-refractivity contribution in [2.75, 3.05) is 44.4 Å². The van der Waals surface area contributed by atoms with E-state index in [2.05, 4.69) is 43.1 Å². The largest absolute Gasteiger partial charge is 0.493 e. The fourth-order valence-electron chi connectivity index (χ4n) is 3.67. The Labute approximate surface area is 209 Å². The van der Waals surface area contributed by atoms with E-state index in [0.29, 0.717) is 41.2 Å². The number of alkyl halides is 3. The standard InChI is InChI=1S/C23H24F3N7O2S/c1-27-21(34)15-7-8-18(35-2)19(31-15)29-9-3-5-16-22(36-23(25)26)33-10-4-6-14(20(33)32-16)30-17-12-28-11-13(17)24/h4,6-8,10,13,17,23,28,30H,9,11-12H2,1-2H3,(H,27,34)(H,29,31)/t13-,17+/m0/s1. The lowest BCUT2D eigenvalue weighted by Gasteiger charge is -2.16. The van der Waals surface area contributed by atoms with Gasteiger partial charge >= 0.3 is 0 Å². The Hall–Kier alpha value is -3.63. The minimum absolute atomic E-state index is 0.0790. The van der Waals surface area contributed by atoms with Gasteiger partial charge in [0.1, 0.15) is 22.6 Å². The number of fused-ring (bicyclic) bond motifs is 1. The van der Waals surface area contributed by atoms with Crippen LogP contribution in [0.15, 0.2) is 35.5 Å². The predicted molar refractivity (Wildman–Crippen MR) is 132 cm³/mol. The number of imidazole rings is 1. The SMILES string of the molecule is CNC(=O)c1ccc(OC)c(NCC#Cc2nc3c(N[C@@H]4CNC[C@@H]4F)cccn3c2SC(F)F)n1. The molecular weight excluding hydrogens is 495 g/mol. The molecule has 0 bridgehead atoms. The van der Waals surface area contributed by atoms with Crippen molar-refractivity contribution < 1.29 is 22.7 Å². The zero-order chi connectivity index (χ0) is 25.7. The van der Waals surface area contributed by atoms with Crippen molar-refractivity contribution in [3.05, 3.63) is 41.9 Å². The number of thioether (sulfide) groups is 1. The smallest absolute Gasteiger partial charge is 0.290 e. The monoisotopic (exact) mass is 519 g/mol. The number of nitrogens with zero attached hydrogens (tertiary/aromatic N) is 3. The molecule has 9 nitrogen and oxygen atoms in total. The topological polar surface area (TPSA) is 105 Å². The van der Waals surface area contributed by atoms with E-state index in [-0.39, 0.29) is 35.4 Å². The maximum absolute atomic E-state index is 14.1. The number of methoxy groups -OCH3 is 1. The maximum atomic E-state index is 14.1. The summed E-state index contributed by atoms with van der Waals surface area (Å²) in [6, 6.07) is 6.07. The Morgan fingerprint density at radius 1 is 1.33 bits per heavy atom. The highest BCUT2D eigenvalue weighted by Gasteiger charge is 2.27. The lowest BCUT2D eigenvalue weighted by molar-refractivity contribution is 0.0958. The first-order valence-electron chi connectivity index (χ1n) is 11.0. The number of hydrogen-bond donors (Lipinski definition) is 4. The third-order valence-corrected chi connectivity index (χ3v) is 6.17. The molecule has 1 saturated heterocycles. The van der Waals surface area contributed by atoms with Gasteiger partial charge < -0.3 is 26.0 Å². The number of rotatable bonds is 8. The zero-order valence-electron chi connectivity index (χ0n) is 19.4. The second-order valence-corrected chi connectivity index (χ2v) is 8.65. The van der Waals surface area contributed by atoms with Crippen molar-refractivity contribution in [2.24, 2.45) is 0 Å². The van der Waals surface area contributed by atoms with E-state index in [0.717, 1.165) is 0 Å². The molecule has 190 valence electrons. The molecule has 4 N–H and O–H groups in total. The molecule has 36 heavy (non-hydrogen) atoms. The number of pyridine rings is 2. The van der Waals surface area contributed by atoms with Crippen LogP contribution in [0.3, 0.4) is 0 Å². The second kappa shape index (κ2) is 11.4. The van der Waals surface area contributed by atoms with Crippen LogP contribution in [0.4, 0.5) is 24.7 Å². The number of ether oxygens (including phenoxy) is 1. The number of nitrogens with one attached hydrogen (secondary N) is 4. The van der Waals surface area contributed by atoms with Gasteiger partial charge in [0.2, 0.25) is 0 Å². The van der Waals surface area contributed by atoms with Gasteiger partial charge in [0.05, 0.1) is 25.4 Å². The Balaban J connectivity index is 1.59. The predicted octanol–water partition coefficient (Wildman–Crippen LogP) is 2.60. The summed E-state index contributed by atoms with van der Waals surface area (Å²) in [5.41, 5.74) is 1.25. The van der Waals surface area contributed by atoms with E-state index in [1.54, 1.807) is 24.4 Å². The summed E-state index contributed by atoms with van der Waals surface area (Å²) in [7, 11) is 2.97. The molecule has 3 aromatic rings. The summed E-state index contributed by atoms with van der Waals surface area (Å²) in [5, 5.41) is 11.7. The van der Waals surface area contributed by atoms with Crippen LogP contribution >= 0.6 is 11.8 Å². The van der Waals surface area contributed by atoms with E-state index in [1.165, 1.54) is 24.6 Å². The third kappa shape index (κ3) is 5.60. The fourth-order valence-corrected chi connectivity index (χ4v) is 4.31. The minimum Gasteiger partial charge on any atom is -0.493 e. The molecule has 2 atom stereocenters. The molecule has 1 amide bonds. The molecular formula is C23H24F3N7O2S. The summed E-state index contributed by atoms with van der Waals surface area (Å²) in [4.78, 5) is 20.6. The molecule has 3 aromatic heterocycles. The average molecular weight is 520 g/mol. The van der Waals surface area contributed by atoms with Crippen LogP contribution in [0.25, 0.3) is 5.65 Å². The molecule has 0 aliphatic carbocycles. The lowest BCUT2D eigenvalue weighted by Crippen LogP contribution is -2.29. The maximum Gasteiger partial charge on any atom is 0.290 e. The molecule has 4 rings (SSSR count). The summed E-state index contributed by atoms with van der Waals surface area (Å²) in [6.07, 6.45) is 0.536. The van der Waals surface area contributed by atoms with Crippen molar-refractivity contribution in [2.45, 2.75) is 23.0 Å². The quantitative estimate of drug-likeness (QED) is 0.266. The number of halogens is 3. The molecule has 0 radical (unpaired) electrons. The van der Waals surface area contributed by atoms with E-state index in [4.69, 9.17) is 4.74 Å². The first kappa shape index (κ1) is 25.5. The first-order chi connectivity index (χ1) is 17.4. The van der Waals surface area contributed by atoms with Crippen molar-refractivity contribution in [3.63, 3.8) is 0 Å². The van der Waals surface area contributed by atoms with Crippen LogP contribution in [0.1, 0.15) is 16.2 Å². The molecule has 1 aliphatic heterocycles. The van der Waals surface area contributed by atoms with Gasteiger partial charge in [-0.05, 0) is 41.9 Å². The van der Waals surface area contributed by atoms with E-state index in [1.807, 2.05) is 0 Å². The van der Waals surface area contributed by atoms with Gasteiger partial charge in [-0.3, -0.25) is 9.20 Å². The highest BCUT2D eigenvalue weighted by atomic mass is 32.2. The van der Waals surface area contributed by atoms with Gasteiger partial charge in [0, 0.05) is 26.3 Å². The second-order valence-electron chi connectivity index (χ2n) is 7.67. The highest BCUT2D eigenvalue weighted by Crippen LogP contribution is 2.32. The zero-order valence-corrected chi connectivity index (χ0v) is 20.3. The van der Waals surface area contributed by atoms with E-state index in [9.17, 15) is 18.0 Å². The number of hydrogen-bond acceptors (Lipinski definition) is 8. The summed E-state index contributed by atoms with van der Waals surface area (Å²) in [6.45, 7) is 0.769. The third-order valence-electron chi connectivity index (χ3n) is 5.38. The van der Waals surface area contributed by atoms with Gasteiger partial charge in [-0.15, -0.1) is 0 Å². The van der Waals surface area contributed by atoms with Crippen LogP contribution in [0.5, 0.6) is 5.75 Å². The van der Waals surface area contributed by atoms with Gasteiger partial charge in [0.15, 0.2) is 17.2 Å². The highest BCUT2D eigenvalue weighted by molar-refractivity contribution is 7.99. The van der Waals surface area contributed by atoms with Gasteiger partial charge in [-0.1, -0.05) is 5.92 Å². The summed E-state index contributed by atoms with van der Waals surface area (Å²) in [5.74, 6) is 3.37. The van der Waals surface area contributed by atoms with Crippen molar-refractivity contribution >= 4 is 34.8 Å². The minimum atomic E-state index is -2.68. The molecule has 0 aromatic carbocycles. The molecule has 1 fully saturated rings. The van der Waals surface area contributed by atoms with Crippen LogP contribution in [0, 0.1) is 11.8 Å². The Morgan fingerprint density at radius 2 is 2.17 bits per heavy atom. The molecule has 0 saturated carbocycles. The van der Waals surface area contributed by atoms with Crippen molar-refractivity contribution in [1.29, 1.82) is 0 Å². The molecule has 1 aliphatic rings. The number of amides is 1. The normalized spacial score (nSPS) is 17.1. The van der Waals surface area contributed by atoms with Crippen LogP contribution in [0.2, 0.25) is 0 Å². The fraction of sp³-hybridized carbons (Fsp3) is 0.348. The van der Waals surface area contributed by atoms with E-state index >= 15 is 0 Å². The Morgan fingerprint density at radius 3 is 2.86 bits per heavy atom. The molecule has 13 heteroatoms. The van der Waals surface area contributed by atoms with Crippen molar-refractivity contribution in [1.82, 2.24) is 25.0 Å². The molecule has 0 unspecified atom stereocenters. The van der Waals surface area contributed by atoms with Crippen LogP contribution in [-0.4, -0.2) is 72.0 Å².